The summed E-state index contributed by atoms with van der Waals surface area (Å²) in [4.78, 5) is 12.8. The molecule has 0 fully saturated rings. The Balaban J connectivity index is 1.81. The van der Waals surface area contributed by atoms with Crippen molar-refractivity contribution in [3.8, 4) is 11.5 Å². The maximum Gasteiger partial charge on any atom is 0.254 e. The Morgan fingerprint density at radius 1 is 1.03 bits per heavy atom. The first-order chi connectivity index (χ1) is 15.8. The number of carbonyl (C=O) groups is 1. The lowest BCUT2D eigenvalue weighted by molar-refractivity contribution is -0.133. The van der Waals surface area contributed by atoms with Crippen LogP contribution in [0.25, 0.3) is 0 Å². The van der Waals surface area contributed by atoms with Crippen molar-refractivity contribution in [2.24, 2.45) is 5.73 Å². The fraction of sp³-hybridized carbons (Fsp3) is 0.167. The molecule has 0 heterocycles. The summed E-state index contributed by atoms with van der Waals surface area (Å²) in [7, 11) is 0. The van der Waals surface area contributed by atoms with E-state index in [0.29, 0.717) is 11.1 Å². The highest BCUT2D eigenvalue weighted by Gasteiger charge is 2.30. The Morgan fingerprint density at radius 2 is 1.70 bits per heavy atom. The van der Waals surface area contributed by atoms with Gasteiger partial charge in [-0.1, -0.05) is 24.3 Å². The average molecular weight is 457 g/mol. The van der Waals surface area contributed by atoms with E-state index in [-0.39, 0.29) is 30.5 Å². The van der Waals surface area contributed by atoms with E-state index in [4.69, 9.17) is 20.6 Å². The lowest BCUT2D eigenvalue weighted by atomic mass is 10.1. The number of halogens is 3. The number of ether oxygens (including phenoxy) is 2. The third kappa shape index (κ3) is 5.89. The SMILES string of the molecule is CCO[C@H](C(=O)NCc1ccc(C(=N)N)cc1)c1c(F)ccc(Oc2ccc(F)cc2)c1F. The molecule has 0 spiro atoms. The zero-order valence-corrected chi connectivity index (χ0v) is 17.7. The molecule has 172 valence electrons. The number of amides is 1. The smallest absolute Gasteiger partial charge is 0.254 e. The molecule has 6 nitrogen and oxygen atoms in total. The van der Waals surface area contributed by atoms with Crippen molar-refractivity contribution in [3.05, 3.63) is 94.8 Å². The number of benzene rings is 3. The molecule has 0 aliphatic carbocycles. The summed E-state index contributed by atoms with van der Waals surface area (Å²) in [5.41, 5.74) is 6.04. The van der Waals surface area contributed by atoms with E-state index in [2.05, 4.69) is 5.32 Å². The van der Waals surface area contributed by atoms with Crippen molar-refractivity contribution in [1.29, 1.82) is 5.41 Å². The molecule has 3 rings (SSSR count). The topological polar surface area (TPSA) is 97.4 Å². The van der Waals surface area contributed by atoms with E-state index in [9.17, 15) is 13.6 Å². The van der Waals surface area contributed by atoms with Crippen LogP contribution in [0, 0.1) is 22.9 Å². The monoisotopic (exact) mass is 457 g/mol. The van der Waals surface area contributed by atoms with Gasteiger partial charge in [-0.2, -0.15) is 0 Å². The van der Waals surface area contributed by atoms with Crippen LogP contribution in [0.3, 0.4) is 0 Å². The van der Waals surface area contributed by atoms with Crippen LogP contribution >= 0.6 is 0 Å². The molecule has 0 unspecified atom stereocenters. The molecule has 0 aromatic heterocycles. The lowest BCUT2D eigenvalue weighted by Gasteiger charge is -2.20. The van der Waals surface area contributed by atoms with Gasteiger partial charge < -0.3 is 20.5 Å². The largest absolute Gasteiger partial charge is 0.454 e. The van der Waals surface area contributed by atoms with Gasteiger partial charge in [0, 0.05) is 18.7 Å². The van der Waals surface area contributed by atoms with Crippen LogP contribution in [0.4, 0.5) is 13.2 Å². The summed E-state index contributed by atoms with van der Waals surface area (Å²) < 4.78 is 53.7. The number of nitrogens with one attached hydrogen (secondary N) is 2. The third-order valence-corrected chi connectivity index (χ3v) is 4.70. The minimum absolute atomic E-state index is 0.0212. The Hall–Kier alpha value is -3.85. The van der Waals surface area contributed by atoms with E-state index in [1.54, 1.807) is 31.2 Å². The Labute approximate surface area is 188 Å². The first-order valence-corrected chi connectivity index (χ1v) is 10.0. The normalized spacial score (nSPS) is 11.6. The van der Waals surface area contributed by atoms with Crippen LogP contribution < -0.4 is 15.8 Å². The second kappa shape index (κ2) is 10.6. The number of nitrogens with two attached hydrogens (primary N) is 1. The van der Waals surface area contributed by atoms with Gasteiger partial charge in [0.1, 0.15) is 23.2 Å². The summed E-state index contributed by atoms with van der Waals surface area (Å²) >= 11 is 0. The molecule has 0 aliphatic heterocycles. The molecule has 0 saturated heterocycles. The maximum atomic E-state index is 15.2. The number of hydrogen-bond donors (Lipinski definition) is 3. The number of nitrogen functional groups attached to an aromatic ring is 1. The quantitative estimate of drug-likeness (QED) is 0.324. The number of amidine groups is 1. The molecule has 4 N–H and O–H groups in total. The molecule has 33 heavy (non-hydrogen) atoms. The molecule has 0 radical (unpaired) electrons. The summed E-state index contributed by atoms with van der Waals surface area (Å²) in [6, 6.07) is 13.5. The molecule has 3 aromatic rings. The van der Waals surface area contributed by atoms with Crippen LogP contribution in [0.15, 0.2) is 60.7 Å². The van der Waals surface area contributed by atoms with Crippen LogP contribution in [0.5, 0.6) is 11.5 Å². The Kier molecular flexibility index (Phi) is 7.68. The third-order valence-electron chi connectivity index (χ3n) is 4.70. The standard InChI is InChI=1S/C24H22F3N3O3/c1-2-32-22(24(31)30-13-14-3-5-15(6-4-14)23(28)29)20-18(26)11-12-19(21(20)27)33-17-9-7-16(25)8-10-17/h3-12,22H,2,13H2,1H3,(H3,28,29)(H,30,31)/t22-/m0/s1. The molecule has 9 heteroatoms. The van der Waals surface area contributed by atoms with E-state index in [0.717, 1.165) is 24.3 Å². The second-order valence-electron chi connectivity index (χ2n) is 6.99. The molecule has 0 saturated carbocycles. The van der Waals surface area contributed by atoms with Crippen molar-refractivity contribution in [2.45, 2.75) is 19.6 Å². The van der Waals surface area contributed by atoms with Crippen LogP contribution in [0.1, 0.15) is 29.7 Å². The molecule has 0 aliphatic rings. The molecule has 0 bridgehead atoms. The molecule has 3 aromatic carbocycles. The van der Waals surface area contributed by atoms with Gasteiger partial charge in [-0.3, -0.25) is 10.2 Å². The Bertz CT molecular complexity index is 1140. The van der Waals surface area contributed by atoms with Gasteiger partial charge in [0.25, 0.3) is 5.91 Å². The average Bonchev–Trinajstić information content (AvgIpc) is 2.80. The van der Waals surface area contributed by atoms with E-state index < -0.39 is 35.0 Å². The van der Waals surface area contributed by atoms with Crippen molar-refractivity contribution in [2.75, 3.05) is 6.61 Å². The Morgan fingerprint density at radius 3 is 2.30 bits per heavy atom. The summed E-state index contributed by atoms with van der Waals surface area (Å²) in [5, 5.41) is 10.0. The van der Waals surface area contributed by atoms with Gasteiger partial charge in [0.05, 0.1) is 5.56 Å². The van der Waals surface area contributed by atoms with Crippen molar-refractivity contribution >= 4 is 11.7 Å². The predicted octanol–water partition coefficient (Wildman–Crippen LogP) is 4.57. The lowest BCUT2D eigenvalue weighted by Crippen LogP contribution is -2.31. The maximum absolute atomic E-state index is 15.2. The fourth-order valence-corrected chi connectivity index (χ4v) is 3.04. The zero-order chi connectivity index (χ0) is 24.0. The molecule has 1 amide bonds. The first kappa shape index (κ1) is 23.8. The van der Waals surface area contributed by atoms with Crippen molar-refractivity contribution in [1.82, 2.24) is 5.32 Å². The molecular weight excluding hydrogens is 435 g/mol. The molecule has 1 atom stereocenters. The first-order valence-electron chi connectivity index (χ1n) is 10.0. The van der Waals surface area contributed by atoms with Crippen molar-refractivity contribution in [3.63, 3.8) is 0 Å². The van der Waals surface area contributed by atoms with Crippen molar-refractivity contribution < 1.29 is 27.4 Å². The summed E-state index contributed by atoms with van der Waals surface area (Å²) in [6.07, 6.45) is -1.57. The number of rotatable bonds is 9. The van der Waals surface area contributed by atoms with Crippen LogP contribution in [-0.2, 0) is 16.1 Å². The van der Waals surface area contributed by atoms with Gasteiger partial charge in [-0.05, 0) is 48.9 Å². The van der Waals surface area contributed by atoms with E-state index in [1.165, 1.54) is 12.1 Å². The number of carbonyl (C=O) groups excluding carboxylic acids is 1. The highest BCUT2D eigenvalue weighted by atomic mass is 19.1. The highest BCUT2D eigenvalue weighted by Crippen LogP contribution is 2.33. The number of hydrogen-bond acceptors (Lipinski definition) is 4. The predicted molar refractivity (Wildman–Crippen MR) is 117 cm³/mol. The van der Waals surface area contributed by atoms with Crippen LogP contribution in [-0.4, -0.2) is 18.3 Å². The van der Waals surface area contributed by atoms with Crippen LogP contribution in [0.2, 0.25) is 0 Å². The van der Waals surface area contributed by atoms with E-state index in [1.807, 2.05) is 0 Å². The van der Waals surface area contributed by atoms with Gasteiger partial charge in [-0.15, -0.1) is 0 Å². The summed E-state index contributed by atoms with van der Waals surface area (Å²) in [6.45, 7) is 1.68. The molecular formula is C24H22F3N3O3. The summed E-state index contributed by atoms with van der Waals surface area (Å²) in [5.74, 6) is -3.60. The van der Waals surface area contributed by atoms with Gasteiger partial charge >= 0.3 is 0 Å². The minimum atomic E-state index is -1.57. The van der Waals surface area contributed by atoms with Gasteiger partial charge in [0.15, 0.2) is 17.7 Å². The minimum Gasteiger partial charge on any atom is -0.454 e. The highest BCUT2D eigenvalue weighted by molar-refractivity contribution is 5.94. The fourth-order valence-electron chi connectivity index (χ4n) is 3.04. The zero-order valence-electron chi connectivity index (χ0n) is 17.7. The van der Waals surface area contributed by atoms with Gasteiger partial charge in [0.2, 0.25) is 0 Å². The van der Waals surface area contributed by atoms with E-state index >= 15 is 4.39 Å². The van der Waals surface area contributed by atoms with Gasteiger partial charge in [-0.25, -0.2) is 13.2 Å². The second-order valence-corrected chi connectivity index (χ2v) is 6.99.